The Morgan fingerprint density at radius 1 is 1.06 bits per heavy atom. The van der Waals surface area contributed by atoms with E-state index >= 15 is 0 Å². The summed E-state index contributed by atoms with van der Waals surface area (Å²) in [5.41, 5.74) is 3.93. The first-order chi connectivity index (χ1) is 14.7. The number of nitrogens with zero attached hydrogens (tertiary/aromatic N) is 2. The van der Waals surface area contributed by atoms with Crippen molar-refractivity contribution < 1.29 is 27.7 Å². The molecule has 0 unspecified atom stereocenters. The molecule has 1 aliphatic heterocycles. The molecule has 3 rings (SSSR count). The highest BCUT2D eigenvalue weighted by atomic mass is 35.5. The zero-order valence-corrected chi connectivity index (χ0v) is 17.5. The van der Waals surface area contributed by atoms with Gasteiger partial charge in [0.15, 0.2) is 0 Å². The number of nitro benzene ring substituents is 1. The van der Waals surface area contributed by atoms with Crippen molar-refractivity contribution in [2.45, 2.75) is 4.90 Å². The Bertz CT molecular complexity index is 1130. The third-order valence-electron chi connectivity index (χ3n) is 4.40. The average Bonchev–Trinajstić information content (AvgIpc) is 2.77. The summed E-state index contributed by atoms with van der Waals surface area (Å²) in [7, 11) is -3.80. The van der Waals surface area contributed by atoms with E-state index in [1.165, 1.54) is 28.6 Å². The molecule has 0 radical (unpaired) electrons. The van der Waals surface area contributed by atoms with Gasteiger partial charge in [-0.05, 0) is 24.3 Å². The zero-order valence-electron chi connectivity index (χ0n) is 15.9. The van der Waals surface area contributed by atoms with Crippen LogP contribution in [0, 0.1) is 10.1 Å². The van der Waals surface area contributed by atoms with Gasteiger partial charge in [-0.25, -0.2) is 8.42 Å². The van der Waals surface area contributed by atoms with Gasteiger partial charge in [-0.15, -0.1) is 0 Å². The number of hydrazine groups is 1. The molecule has 13 heteroatoms. The van der Waals surface area contributed by atoms with Gasteiger partial charge in [-0.3, -0.25) is 30.6 Å². The molecule has 2 amide bonds. The number of carbonyl (C=O) groups excluding carboxylic acids is 2. The minimum Gasteiger partial charge on any atom is -0.379 e. The highest BCUT2D eigenvalue weighted by Gasteiger charge is 2.27. The number of carbonyl (C=O) groups is 2. The molecule has 0 aliphatic carbocycles. The molecule has 2 N–H and O–H groups in total. The second-order valence-corrected chi connectivity index (χ2v) is 8.72. The molecule has 0 spiro atoms. The Morgan fingerprint density at radius 2 is 1.74 bits per heavy atom. The Balaban J connectivity index is 1.69. The number of halogens is 1. The Labute approximate surface area is 182 Å². The fourth-order valence-electron chi connectivity index (χ4n) is 2.79. The normalized spacial score (nSPS) is 14.6. The van der Waals surface area contributed by atoms with E-state index in [-0.39, 0.29) is 53.0 Å². The minimum atomic E-state index is -3.80. The fourth-order valence-corrected chi connectivity index (χ4v) is 4.50. The molecule has 0 bridgehead atoms. The molecule has 1 aliphatic rings. The maximum absolute atomic E-state index is 12.7. The minimum absolute atomic E-state index is 0.00410. The van der Waals surface area contributed by atoms with Crippen LogP contribution >= 0.6 is 11.6 Å². The van der Waals surface area contributed by atoms with E-state index in [4.69, 9.17) is 16.3 Å². The van der Waals surface area contributed by atoms with Crippen LogP contribution in [-0.4, -0.2) is 55.8 Å². The van der Waals surface area contributed by atoms with E-state index in [1.54, 1.807) is 0 Å². The van der Waals surface area contributed by atoms with E-state index in [9.17, 15) is 28.1 Å². The lowest BCUT2D eigenvalue weighted by atomic mass is 10.2. The summed E-state index contributed by atoms with van der Waals surface area (Å²) in [6, 6.07) is 8.64. The summed E-state index contributed by atoms with van der Waals surface area (Å²) in [5.74, 6) is -1.56. The predicted octanol–water partition coefficient (Wildman–Crippen LogP) is 1.34. The van der Waals surface area contributed by atoms with Crippen LogP contribution in [0.15, 0.2) is 47.4 Å². The smallest absolute Gasteiger partial charge is 0.271 e. The molecule has 0 atom stereocenters. The van der Waals surface area contributed by atoms with Gasteiger partial charge < -0.3 is 4.74 Å². The number of ether oxygens (including phenoxy) is 1. The Hall–Kier alpha value is -3.06. The number of nitrogens with one attached hydrogen (secondary N) is 2. The van der Waals surface area contributed by atoms with Crippen molar-refractivity contribution in [3.63, 3.8) is 0 Å². The number of hydrogen-bond donors (Lipinski definition) is 2. The van der Waals surface area contributed by atoms with Crippen molar-refractivity contribution in [3.8, 4) is 0 Å². The molecule has 11 nitrogen and oxygen atoms in total. The third-order valence-corrected chi connectivity index (χ3v) is 6.61. The largest absolute Gasteiger partial charge is 0.379 e. The summed E-state index contributed by atoms with van der Waals surface area (Å²) in [5, 5.41) is 10.6. The van der Waals surface area contributed by atoms with Gasteiger partial charge in [-0.1, -0.05) is 17.7 Å². The molecule has 0 aromatic heterocycles. The van der Waals surface area contributed by atoms with Crippen LogP contribution in [0.2, 0.25) is 5.02 Å². The lowest BCUT2D eigenvalue weighted by Crippen LogP contribution is -2.42. The van der Waals surface area contributed by atoms with Crippen LogP contribution in [0.4, 0.5) is 5.69 Å². The fraction of sp³-hybridized carbons (Fsp3) is 0.222. The number of benzene rings is 2. The molecule has 1 heterocycles. The average molecular weight is 469 g/mol. The van der Waals surface area contributed by atoms with E-state index < -0.39 is 26.8 Å². The van der Waals surface area contributed by atoms with Crippen LogP contribution in [0.5, 0.6) is 0 Å². The Kier molecular flexibility index (Phi) is 6.85. The maximum Gasteiger partial charge on any atom is 0.271 e. The molecule has 2 aromatic carbocycles. The lowest BCUT2D eigenvalue weighted by molar-refractivity contribution is -0.384. The SMILES string of the molecule is O=C(NNC(=O)c1ccc([N+](=O)[O-])cc1Cl)c1cccc(S(=O)(=O)N2CCOCC2)c1. The molecule has 0 saturated carbocycles. The second-order valence-electron chi connectivity index (χ2n) is 6.37. The van der Waals surface area contributed by atoms with Crippen LogP contribution in [0.3, 0.4) is 0 Å². The van der Waals surface area contributed by atoms with E-state index in [0.29, 0.717) is 0 Å². The van der Waals surface area contributed by atoms with Crippen molar-refractivity contribution in [2.24, 2.45) is 0 Å². The van der Waals surface area contributed by atoms with E-state index in [1.807, 2.05) is 0 Å². The number of rotatable bonds is 5. The van der Waals surface area contributed by atoms with Crippen molar-refractivity contribution in [3.05, 3.63) is 68.7 Å². The second kappa shape index (κ2) is 9.39. The number of amides is 2. The van der Waals surface area contributed by atoms with Crippen molar-refractivity contribution in [1.82, 2.24) is 15.2 Å². The summed E-state index contributed by atoms with van der Waals surface area (Å²) in [6.45, 7) is 1.00. The summed E-state index contributed by atoms with van der Waals surface area (Å²) >= 11 is 5.89. The number of non-ortho nitro benzene ring substituents is 1. The van der Waals surface area contributed by atoms with Gasteiger partial charge in [0.05, 0.1) is 33.6 Å². The number of nitro groups is 1. The van der Waals surface area contributed by atoms with Crippen molar-refractivity contribution >= 4 is 39.1 Å². The summed E-state index contributed by atoms with van der Waals surface area (Å²) in [4.78, 5) is 34.6. The third kappa shape index (κ3) is 5.17. The molecule has 164 valence electrons. The van der Waals surface area contributed by atoms with Gasteiger partial charge >= 0.3 is 0 Å². The zero-order chi connectivity index (χ0) is 22.6. The molecular formula is C18H17ClN4O7S. The topological polar surface area (TPSA) is 148 Å². The highest BCUT2D eigenvalue weighted by Crippen LogP contribution is 2.22. The maximum atomic E-state index is 12.7. The molecule has 1 fully saturated rings. The number of hydrogen-bond acceptors (Lipinski definition) is 7. The van der Waals surface area contributed by atoms with Gasteiger partial charge in [0.1, 0.15) is 0 Å². The Morgan fingerprint density at radius 3 is 2.39 bits per heavy atom. The van der Waals surface area contributed by atoms with E-state index in [0.717, 1.165) is 18.2 Å². The lowest BCUT2D eigenvalue weighted by Gasteiger charge is -2.26. The monoisotopic (exact) mass is 468 g/mol. The van der Waals surface area contributed by atoms with E-state index in [2.05, 4.69) is 10.9 Å². The number of sulfonamides is 1. The standard InChI is InChI=1S/C18H17ClN4O7S/c19-16-11-13(23(26)27)4-5-15(16)18(25)21-20-17(24)12-2-1-3-14(10-12)31(28,29)22-6-8-30-9-7-22/h1-5,10-11H,6-9H2,(H,20,24)(H,21,25). The van der Waals surface area contributed by atoms with Crippen LogP contribution < -0.4 is 10.9 Å². The van der Waals surface area contributed by atoms with Gasteiger partial charge in [0, 0.05) is 30.8 Å². The molecular weight excluding hydrogens is 452 g/mol. The highest BCUT2D eigenvalue weighted by molar-refractivity contribution is 7.89. The summed E-state index contributed by atoms with van der Waals surface area (Å²) < 4.78 is 31.9. The van der Waals surface area contributed by atoms with Crippen LogP contribution in [0.25, 0.3) is 0 Å². The van der Waals surface area contributed by atoms with Crippen LogP contribution in [0.1, 0.15) is 20.7 Å². The first-order valence-corrected chi connectivity index (χ1v) is 10.7. The summed E-state index contributed by atoms with van der Waals surface area (Å²) in [6.07, 6.45) is 0. The first-order valence-electron chi connectivity index (χ1n) is 8.93. The quantitative estimate of drug-likeness (QED) is 0.497. The molecule has 2 aromatic rings. The molecule has 31 heavy (non-hydrogen) atoms. The predicted molar refractivity (Wildman–Crippen MR) is 109 cm³/mol. The van der Waals surface area contributed by atoms with Gasteiger partial charge in [0.25, 0.3) is 17.5 Å². The van der Waals surface area contributed by atoms with Crippen molar-refractivity contribution in [1.29, 1.82) is 0 Å². The first kappa shape index (κ1) is 22.6. The molecule has 1 saturated heterocycles. The number of morpholine rings is 1. The van der Waals surface area contributed by atoms with Gasteiger partial charge in [0.2, 0.25) is 10.0 Å². The van der Waals surface area contributed by atoms with Crippen molar-refractivity contribution in [2.75, 3.05) is 26.3 Å². The van der Waals surface area contributed by atoms with Gasteiger partial charge in [-0.2, -0.15) is 4.31 Å². The van der Waals surface area contributed by atoms with Crippen LogP contribution in [-0.2, 0) is 14.8 Å².